The van der Waals surface area contributed by atoms with Gasteiger partial charge in [0.2, 0.25) is 0 Å². The van der Waals surface area contributed by atoms with Gasteiger partial charge in [0.15, 0.2) is 6.10 Å². The van der Waals surface area contributed by atoms with E-state index in [0.29, 0.717) is 19.3 Å². The number of ether oxygens (including phenoxy) is 3. The van der Waals surface area contributed by atoms with Crippen LogP contribution < -0.4 is 0 Å². The average Bonchev–Trinajstić information content (AvgIpc) is 3.36. The standard InChI is InChI=1S/C64H122O6/c1-4-7-10-13-16-19-22-25-28-29-30-31-32-33-34-37-39-42-45-48-51-54-57-63(66)69-60-61(70-64(67)58-55-52-49-46-43-40-36-27-24-21-18-15-12-9-6-3)59-68-62(65)56-53-50-47-44-41-38-35-26-23-20-17-14-11-8-5-2/h27,36,61H,4-26,28-35,37-60H2,1-3H3/b36-27-. The van der Waals surface area contributed by atoms with E-state index in [9.17, 15) is 14.4 Å². The molecule has 414 valence electrons. The fraction of sp³-hybridized carbons (Fsp3) is 0.922. The molecule has 0 fully saturated rings. The van der Waals surface area contributed by atoms with Crippen LogP contribution in [0.5, 0.6) is 0 Å². The second-order valence-corrected chi connectivity index (χ2v) is 21.7. The summed E-state index contributed by atoms with van der Waals surface area (Å²) in [5.74, 6) is -0.846. The van der Waals surface area contributed by atoms with E-state index in [-0.39, 0.29) is 31.1 Å². The smallest absolute Gasteiger partial charge is 0.306 e. The largest absolute Gasteiger partial charge is 0.462 e. The molecule has 0 amide bonds. The maximum Gasteiger partial charge on any atom is 0.306 e. The average molecular weight is 988 g/mol. The van der Waals surface area contributed by atoms with Gasteiger partial charge in [-0.15, -0.1) is 0 Å². The van der Waals surface area contributed by atoms with Gasteiger partial charge in [0, 0.05) is 19.3 Å². The highest BCUT2D eigenvalue weighted by Crippen LogP contribution is 2.18. The van der Waals surface area contributed by atoms with E-state index in [1.54, 1.807) is 0 Å². The third-order valence-electron chi connectivity index (χ3n) is 14.5. The first kappa shape index (κ1) is 68.2. The molecule has 0 saturated heterocycles. The highest BCUT2D eigenvalue weighted by atomic mass is 16.6. The summed E-state index contributed by atoms with van der Waals surface area (Å²) in [7, 11) is 0. The second-order valence-electron chi connectivity index (χ2n) is 21.7. The van der Waals surface area contributed by atoms with Gasteiger partial charge in [-0.3, -0.25) is 14.4 Å². The predicted octanol–water partition coefficient (Wildman–Crippen LogP) is 21.3. The molecule has 0 aromatic rings. The Morgan fingerprint density at radius 3 is 0.714 bits per heavy atom. The molecule has 0 aliphatic rings. The van der Waals surface area contributed by atoms with Crippen molar-refractivity contribution in [2.24, 2.45) is 0 Å². The topological polar surface area (TPSA) is 78.9 Å². The van der Waals surface area contributed by atoms with E-state index in [1.807, 2.05) is 0 Å². The maximum atomic E-state index is 12.9. The van der Waals surface area contributed by atoms with Crippen LogP contribution in [0.1, 0.15) is 361 Å². The lowest BCUT2D eigenvalue weighted by atomic mass is 10.0. The maximum absolute atomic E-state index is 12.9. The van der Waals surface area contributed by atoms with Crippen LogP contribution in [-0.4, -0.2) is 37.2 Å². The van der Waals surface area contributed by atoms with E-state index in [4.69, 9.17) is 14.2 Å². The number of carbonyl (C=O) groups excluding carboxylic acids is 3. The lowest BCUT2D eigenvalue weighted by molar-refractivity contribution is -0.167. The van der Waals surface area contributed by atoms with Crippen molar-refractivity contribution < 1.29 is 28.6 Å². The third kappa shape index (κ3) is 57.1. The van der Waals surface area contributed by atoms with Gasteiger partial charge in [-0.25, -0.2) is 0 Å². The number of esters is 3. The first-order valence-electron chi connectivity index (χ1n) is 31.7. The van der Waals surface area contributed by atoms with Crippen molar-refractivity contribution in [3.8, 4) is 0 Å². The molecule has 0 aliphatic heterocycles. The zero-order chi connectivity index (χ0) is 50.7. The van der Waals surface area contributed by atoms with Crippen molar-refractivity contribution in [3.63, 3.8) is 0 Å². The molecule has 0 spiro atoms. The molecule has 0 radical (unpaired) electrons. The fourth-order valence-electron chi connectivity index (χ4n) is 9.74. The highest BCUT2D eigenvalue weighted by Gasteiger charge is 2.19. The first-order valence-corrected chi connectivity index (χ1v) is 31.7. The van der Waals surface area contributed by atoms with Crippen molar-refractivity contribution in [2.45, 2.75) is 367 Å². The monoisotopic (exact) mass is 987 g/mol. The summed E-state index contributed by atoms with van der Waals surface area (Å²) in [4.78, 5) is 38.2. The van der Waals surface area contributed by atoms with Gasteiger partial charge in [-0.05, 0) is 44.9 Å². The Hall–Kier alpha value is -1.85. The third-order valence-corrected chi connectivity index (χ3v) is 14.5. The van der Waals surface area contributed by atoms with E-state index in [0.717, 1.165) is 64.2 Å². The summed E-state index contributed by atoms with van der Waals surface area (Å²) in [5.41, 5.74) is 0. The van der Waals surface area contributed by atoms with Gasteiger partial charge in [0.25, 0.3) is 0 Å². The van der Waals surface area contributed by atoms with Crippen LogP contribution in [0.25, 0.3) is 0 Å². The van der Waals surface area contributed by atoms with E-state index in [2.05, 4.69) is 32.9 Å². The summed E-state index contributed by atoms with van der Waals surface area (Å²) in [5, 5.41) is 0. The zero-order valence-electron chi connectivity index (χ0n) is 47.6. The van der Waals surface area contributed by atoms with Gasteiger partial charge in [-0.2, -0.15) is 0 Å². The molecule has 0 aromatic carbocycles. The first-order chi connectivity index (χ1) is 34.5. The van der Waals surface area contributed by atoms with Gasteiger partial charge in [0.1, 0.15) is 13.2 Å². The van der Waals surface area contributed by atoms with Gasteiger partial charge in [0.05, 0.1) is 0 Å². The van der Waals surface area contributed by atoms with Crippen molar-refractivity contribution in [2.75, 3.05) is 13.2 Å². The van der Waals surface area contributed by atoms with Crippen molar-refractivity contribution in [1.82, 2.24) is 0 Å². The molecule has 1 atom stereocenters. The Labute approximate surface area is 437 Å². The summed E-state index contributed by atoms with van der Waals surface area (Å²) in [6, 6.07) is 0. The molecule has 0 N–H and O–H groups in total. The molecule has 0 rings (SSSR count). The molecule has 6 nitrogen and oxygen atoms in total. The highest BCUT2D eigenvalue weighted by molar-refractivity contribution is 5.71. The second kappa shape index (κ2) is 59.7. The lowest BCUT2D eigenvalue weighted by Crippen LogP contribution is -2.30. The summed E-state index contributed by atoms with van der Waals surface area (Å²) < 4.78 is 16.9. The van der Waals surface area contributed by atoms with Crippen LogP contribution in [0.2, 0.25) is 0 Å². The molecule has 1 unspecified atom stereocenters. The van der Waals surface area contributed by atoms with Crippen LogP contribution in [0.4, 0.5) is 0 Å². The SMILES string of the molecule is CCCCCCCC/C=C\CCCCCCCC(=O)OC(COC(=O)CCCCCCCCCCCCCCCCC)COC(=O)CCCCCCCCCCCCCCCCCCCCCCCC. The molecule has 70 heavy (non-hydrogen) atoms. The van der Waals surface area contributed by atoms with E-state index in [1.165, 1.54) is 257 Å². The normalized spacial score (nSPS) is 12.0. The van der Waals surface area contributed by atoms with Crippen LogP contribution in [0.3, 0.4) is 0 Å². The fourth-order valence-corrected chi connectivity index (χ4v) is 9.74. The minimum Gasteiger partial charge on any atom is -0.462 e. The van der Waals surface area contributed by atoms with Crippen LogP contribution >= 0.6 is 0 Å². The Kier molecular flexibility index (Phi) is 58.1. The quantitative estimate of drug-likeness (QED) is 0.0261. The zero-order valence-corrected chi connectivity index (χ0v) is 47.6. The van der Waals surface area contributed by atoms with Crippen molar-refractivity contribution in [1.29, 1.82) is 0 Å². The summed E-state index contributed by atoms with van der Waals surface area (Å²) in [6.07, 6.45) is 69.3. The molecule has 0 heterocycles. The molecule has 0 aromatic heterocycles. The van der Waals surface area contributed by atoms with Crippen LogP contribution in [0, 0.1) is 0 Å². The Bertz CT molecular complexity index is 1090. The van der Waals surface area contributed by atoms with Crippen LogP contribution in [-0.2, 0) is 28.6 Å². The summed E-state index contributed by atoms with van der Waals surface area (Å²) >= 11 is 0. The Balaban J connectivity index is 4.26. The van der Waals surface area contributed by atoms with Gasteiger partial charge >= 0.3 is 17.9 Å². The number of hydrogen-bond acceptors (Lipinski definition) is 6. The van der Waals surface area contributed by atoms with Gasteiger partial charge in [-0.1, -0.05) is 309 Å². The number of unbranched alkanes of at least 4 members (excludes halogenated alkanes) is 46. The van der Waals surface area contributed by atoms with Gasteiger partial charge < -0.3 is 14.2 Å². The summed E-state index contributed by atoms with van der Waals surface area (Å²) in [6.45, 7) is 6.70. The molecular formula is C64H122O6. The predicted molar refractivity (Wildman–Crippen MR) is 303 cm³/mol. The van der Waals surface area contributed by atoms with Crippen molar-refractivity contribution >= 4 is 17.9 Å². The molecular weight excluding hydrogens is 865 g/mol. The lowest BCUT2D eigenvalue weighted by Gasteiger charge is -2.18. The van der Waals surface area contributed by atoms with E-state index < -0.39 is 6.10 Å². The molecule has 0 aliphatic carbocycles. The molecule has 0 saturated carbocycles. The van der Waals surface area contributed by atoms with E-state index >= 15 is 0 Å². The minimum atomic E-state index is -0.769. The van der Waals surface area contributed by atoms with Crippen molar-refractivity contribution in [3.05, 3.63) is 12.2 Å². The number of rotatable bonds is 59. The number of allylic oxidation sites excluding steroid dienone is 2. The molecule has 0 bridgehead atoms. The Morgan fingerprint density at radius 2 is 0.471 bits per heavy atom. The Morgan fingerprint density at radius 1 is 0.271 bits per heavy atom. The number of carbonyl (C=O) groups is 3. The molecule has 6 heteroatoms. The van der Waals surface area contributed by atoms with Crippen LogP contribution in [0.15, 0.2) is 12.2 Å². The minimum absolute atomic E-state index is 0.0670. The number of hydrogen-bond donors (Lipinski definition) is 0.